The first-order valence-electron chi connectivity index (χ1n) is 8.06. The highest BCUT2D eigenvalue weighted by molar-refractivity contribution is 5.86. The molecular formula is C21H21NO2. The van der Waals surface area contributed by atoms with Crippen molar-refractivity contribution in [2.24, 2.45) is 0 Å². The third kappa shape index (κ3) is 4.00. The van der Waals surface area contributed by atoms with Crippen LogP contribution in [0.25, 0.3) is 10.8 Å². The lowest BCUT2D eigenvalue weighted by Gasteiger charge is -2.18. The van der Waals surface area contributed by atoms with Crippen LogP contribution in [-0.2, 0) is 22.7 Å². The number of rotatable bonds is 6. The van der Waals surface area contributed by atoms with Crippen molar-refractivity contribution >= 4 is 16.7 Å². The van der Waals surface area contributed by atoms with E-state index in [9.17, 15) is 4.79 Å². The Hall–Kier alpha value is -2.65. The third-order valence-electron chi connectivity index (χ3n) is 4.05. The van der Waals surface area contributed by atoms with E-state index in [0.29, 0.717) is 13.2 Å². The van der Waals surface area contributed by atoms with Crippen molar-refractivity contribution in [3.05, 3.63) is 83.9 Å². The van der Waals surface area contributed by atoms with Crippen LogP contribution in [0.4, 0.5) is 0 Å². The van der Waals surface area contributed by atoms with Crippen molar-refractivity contribution in [2.75, 3.05) is 13.7 Å². The summed E-state index contributed by atoms with van der Waals surface area (Å²) in [5, 5.41) is 2.38. The molecule has 0 saturated carbocycles. The van der Waals surface area contributed by atoms with E-state index in [1.807, 2.05) is 55.6 Å². The zero-order valence-electron chi connectivity index (χ0n) is 13.8. The lowest BCUT2D eigenvalue weighted by molar-refractivity contribution is -0.135. The first-order valence-corrected chi connectivity index (χ1v) is 8.06. The molecule has 0 saturated heterocycles. The zero-order valence-corrected chi connectivity index (χ0v) is 13.8. The molecule has 0 aliphatic carbocycles. The number of hydrogen-bond donors (Lipinski definition) is 0. The molecule has 3 aromatic carbocycles. The zero-order chi connectivity index (χ0) is 16.8. The number of nitrogens with zero attached hydrogens (tertiary/aromatic N) is 1. The van der Waals surface area contributed by atoms with E-state index in [1.165, 1.54) is 10.8 Å². The van der Waals surface area contributed by atoms with Gasteiger partial charge in [-0.2, -0.15) is 0 Å². The Labute approximate surface area is 142 Å². The summed E-state index contributed by atoms with van der Waals surface area (Å²) in [6.07, 6.45) is 0. The average Bonchev–Trinajstić information content (AvgIpc) is 2.63. The van der Waals surface area contributed by atoms with E-state index in [0.717, 1.165) is 11.1 Å². The predicted molar refractivity (Wildman–Crippen MR) is 96.5 cm³/mol. The number of amides is 1. The van der Waals surface area contributed by atoms with Crippen molar-refractivity contribution in [3.63, 3.8) is 0 Å². The van der Waals surface area contributed by atoms with Gasteiger partial charge in [0.15, 0.2) is 0 Å². The van der Waals surface area contributed by atoms with Gasteiger partial charge in [0.05, 0.1) is 6.61 Å². The molecule has 1 amide bonds. The van der Waals surface area contributed by atoms with E-state index in [1.54, 1.807) is 4.90 Å². The molecule has 0 spiro atoms. The maximum Gasteiger partial charge on any atom is 0.248 e. The molecule has 3 aromatic rings. The van der Waals surface area contributed by atoms with E-state index in [2.05, 4.69) is 24.3 Å². The summed E-state index contributed by atoms with van der Waals surface area (Å²) in [5.41, 5.74) is 2.22. The van der Waals surface area contributed by atoms with Crippen molar-refractivity contribution in [3.8, 4) is 0 Å². The second-order valence-electron chi connectivity index (χ2n) is 5.87. The molecule has 0 aromatic heterocycles. The molecule has 0 atom stereocenters. The summed E-state index contributed by atoms with van der Waals surface area (Å²) in [6, 6.07) is 24.3. The lowest BCUT2D eigenvalue weighted by Crippen LogP contribution is -2.29. The third-order valence-corrected chi connectivity index (χ3v) is 4.05. The number of likely N-dealkylation sites (N-methyl/N-ethyl adjacent to an activating group) is 1. The Morgan fingerprint density at radius 1 is 0.917 bits per heavy atom. The maximum atomic E-state index is 12.3. The first kappa shape index (κ1) is 16.2. The normalized spacial score (nSPS) is 10.7. The molecule has 0 unspecified atom stereocenters. The summed E-state index contributed by atoms with van der Waals surface area (Å²) in [4.78, 5) is 14.0. The van der Waals surface area contributed by atoms with Gasteiger partial charge in [-0.1, -0.05) is 72.8 Å². The van der Waals surface area contributed by atoms with Crippen molar-refractivity contribution in [1.29, 1.82) is 0 Å². The fourth-order valence-corrected chi connectivity index (χ4v) is 2.71. The van der Waals surface area contributed by atoms with Gasteiger partial charge in [0.2, 0.25) is 5.91 Å². The van der Waals surface area contributed by atoms with Gasteiger partial charge in [0.25, 0.3) is 0 Å². The summed E-state index contributed by atoms with van der Waals surface area (Å²) in [5.74, 6) is -0.0149. The standard InChI is InChI=1S/C21H21NO2/c1-22(21(23)16-24-15-17-8-3-2-4-9-17)14-19-12-7-11-18-10-5-6-13-20(18)19/h2-13H,14-16H2,1H3. The Morgan fingerprint density at radius 3 is 2.46 bits per heavy atom. The van der Waals surface area contributed by atoms with E-state index in [4.69, 9.17) is 4.74 Å². The Bertz CT molecular complexity index is 809. The Morgan fingerprint density at radius 2 is 1.62 bits per heavy atom. The van der Waals surface area contributed by atoms with E-state index in [-0.39, 0.29) is 12.5 Å². The van der Waals surface area contributed by atoms with Crippen LogP contribution in [0.3, 0.4) is 0 Å². The van der Waals surface area contributed by atoms with E-state index >= 15 is 0 Å². The molecule has 122 valence electrons. The molecule has 0 heterocycles. The van der Waals surface area contributed by atoms with Gasteiger partial charge in [-0.05, 0) is 21.9 Å². The number of benzene rings is 3. The molecule has 3 nitrogen and oxygen atoms in total. The Kier molecular flexibility index (Phi) is 5.24. The second kappa shape index (κ2) is 7.75. The molecule has 0 bridgehead atoms. The van der Waals surface area contributed by atoms with Crippen LogP contribution in [0.5, 0.6) is 0 Å². The van der Waals surface area contributed by atoms with Gasteiger partial charge in [-0.3, -0.25) is 4.79 Å². The predicted octanol–water partition coefficient (Wildman–Crippen LogP) is 4.02. The quantitative estimate of drug-likeness (QED) is 0.687. The number of ether oxygens (including phenoxy) is 1. The fourth-order valence-electron chi connectivity index (χ4n) is 2.71. The molecule has 0 aliphatic heterocycles. The van der Waals surface area contributed by atoms with Crippen LogP contribution < -0.4 is 0 Å². The van der Waals surface area contributed by atoms with Gasteiger partial charge in [-0.15, -0.1) is 0 Å². The second-order valence-corrected chi connectivity index (χ2v) is 5.87. The highest BCUT2D eigenvalue weighted by Gasteiger charge is 2.11. The minimum absolute atomic E-state index is 0.0149. The van der Waals surface area contributed by atoms with Gasteiger partial charge < -0.3 is 9.64 Å². The largest absolute Gasteiger partial charge is 0.367 e. The van der Waals surface area contributed by atoms with Crippen LogP contribution in [0.2, 0.25) is 0 Å². The van der Waals surface area contributed by atoms with Crippen LogP contribution in [-0.4, -0.2) is 24.5 Å². The maximum absolute atomic E-state index is 12.3. The Balaban J connectivity index is 1.57. The van der Waals surface area contributed by atoms with Gasteiger partial charge in [0, 0.05) is 13.6 Å². The molecule has 3 rings (SSSR count). The topological polar surface area (TPSA) is 29.5 Å². The first-order chi connectivity index (χ1) is 11.7. The molecule has 0 radical (unpaired) electrons. The van der Waals surface area contributed by atoms with Crippen LogP contribution in [0, 0.1) is 0 Å². The molecule has 0 N–H and O–H groups in total. The SMILES string of the molecule is CN(Cc1cccc2ccccc12)C(=O)COCc1ccccc1. The van der Waals surface area contributed by atoms with Crippen molar-refractivity contribution in [1.82, 2.24) is 4.90 Å². The molecular weight excluding hydrogens is 298 g/mol. The lowest BCUT2D eigenvalue weighted by atomic mass is 10.0. The smallest absolute Gasteiger partial charge is 0.248 e. The fraction of sp³-hybridized carbons (Fsp3) is 0.190. The summed E-state index contributed by atoms with van der Waals surface area (Å²) >= 11 is 0. The summed E-state index contributed by atoms with van der Waals surface area (Å²) in [7, 11) is 1.82. The molecule has 24 heavy (non-hydrogen) atoms. The summed E-state index contributed by atoms with van der Waals surface area (Å²) in [6.45, 7) is 1.12. The van der Waals surface area contributed by atoms with Crippen LogP contribution in [0.1, 0.15) is 11.1 Å². The number of fused-ring (bicyclic) bond motifs is 1. The van der Waals surface area contributed by atoms with Gasteiger partial charge in [-0.25, -0.2) is 0 Å². The van der Waals surface area contributed by atoms with Crippen molar-refractivity contribution < 1.29 is 9.53 Å². The highest BCUT2D eigenvalue weighted by Crippen LogP contribution is 2.19. The molecule has 0 fully saturated rings. The number of carbonyl (C=O) groups excluding carboxylic acids is 1. The van der Waals surface area contributed by atoms with Crippen molar-refractivity contribution in [2.45, 2.75) is 13.2 Å². The highest BCUT2D eigenvalue weighted by atomic mass is 16.5. The number of carbonyl (C=O) groups is 1. The molecule has 3 heteroatoms. The van der Waals surface area contributed by atoms with Crippen LogP contribution >= 0.6 is 0 Å². The van der Waals surface area contributed by atoms with Crippen LogP contribution in [0.15, 0.2) is 72.8 Å². The average molecular weight is 319 g/mol. The minimum atomic E-state index is -0.0149. The van der Waals surface area contributed by atoms with E-state index < -0.39 is 0 Å². The summed E-state index contributed by atoms with van der Waals surface area (Å²) < 4.78 is 5.54. The number of hydrogen-bond acceptors (Lipinski definition) is 2. The minimum Gasteiger partial charge on any atom is -0.367 e. The monoisotopic (exact) mass is 319 g/mol. The molecule has 0 aliphatic rings. The van der Waals surface area contributed by atoms with Gasteiger partial charge in [0.1, 0.15) is 6.61 Å². The van der Waals surface area contributed by atoms with Gasteiger partial charge >= 0.3 is 0 Å².